The Morgan fingerprint density at radius 2 is 2.11 bits per heavy atom. The summed E-state index contributed by atoms with van der Waals surface area (Å²) in [7, 11) is 0. The smallest absolute Gasteiger partial charge is 0.272 e. The van der Waals surface area contributed by atoms with Crippen LogP contribution in [0.5, 0.6) is 0 Å². The van der Waals surface area contributed by atoms with E-state index in [-0.39, 0.29) is 30.1 Å². The molecule has 144 valence electrons. The number of nitrogens with one attached hydrogen (secondary N) is 3. The van der Waals surface area contributed by atoms with E-state index in [1.165, 1.54) is 0 Å². The number of rotatable bonds is 5. The van der Waals surface area contributed by atoms with Crippen LogP contribution >= 0.6 is 12.4 Å². The summed E-state index contributed by atoms with van der Waals surface area (Å²) in [4.78, 5) is 26.6. The lowest BCUT2D eigenvalue weighted by Crippen LogP contribution is -2.33. The zero-order chi connectivity index (χ0) is 17.9. The molecule has 1 fully saturated rings. The molecule has 2 amide bonds. The summed E-state index contributed by atoms with van der Waals surface area (Å²) in [6, 6.07) is 9.98. The molecular weight excluding hydrogens is 366 g/mol. The molecule has 2 aromatic rings. The van der Waals surface area contributed by atoms with Crippen LogP contribution in [0.2, 0.25) is 0 Å². The molecule has 1 atom stereocenters. The van der Waals surface area contributed by atoms with E-state index in [0.29, 0.717) is 38.3 Å². The van der Waals surface area contributed by atoms with Gasteiger partial charge in [0, 0.05) is 62.7 Å². The normalized spacial score (nSPS) is 18.7. The monoisotopic (exact) mass is 389 g/mol. The van der Waals surface area contributed by atoms with Gasteiger partial charge in [-0.25, -0.2) is 0 Å². The van der Waals surface area contributed by atoms with Crippen molar-refractivity contribution in [3.05, 3.63) is 52.8 Å². The molecule has 2 aliphatic rings. The molecule has 0 spiro atoms. The maximum Gasteiger partial charge on any atom is 0.272 e. The first-order chi connectivity index (χ1) is 12.7. The zero-order valence-electron chi connectivity index (χ0n) is 15.0. The Bertz CT molecular complexity index is 808. The quantitative estimate of drug-likeness (QED) is 0.718. The van der Waals surface area contributed by atoms with Gasteiger partial charge in [-0.05, 0) is 5.56 Å². The Morgan fingerprint density at radius 1 is 1.30 bits per heavy atom. The van der Waals surface area contributed by atoms with Gasteiger partial charge >= 0.3 is 0 Å². The third kappa shape index (κ3) is 4.31. The van der Waals surface area contributed by atoms with Crippen molar-refractivity contribution in [3.63, 3.8) is 0 Å². The van der Waals surface area contributed by atoms with Gasteiger partial charge in [-0.2, -0.15) is 5.10 Å². The minimum atomic E-state index is -0.167. The topological polar surface area (TPSA) is 90.1 Å². The average molecular weight is 390 g/mol. The number of nitrogens with zero attached hydrogens (tertiary/aromatic N) is 2. The van der Waals surface area contributed by atoms with Crippen molar-refractivity contribution in [1.29, 1.82) is 0 Å². The summed E-state index contributed by atoms with van der Waals surface area (Å²) in [5, 5.41) is 13.4. The summed E-state index contributed by atoms with van der Waals surface area (Å²) in [6.45, 7) is 3.36. The first-order valence-electron chi connectivity index (χ1n) is 9.07. The number of carbonyl (C=O) groups is 2. The average Bonchev–Trinajstić information content (AvgIpc) is 3.24. The highest BCUT2D eigenvalue weighted by molar-refractivity contribution is 5.94. The number of benzene rings is 1. The molecule has 1 unspecified atom stereocenters. The Morgan fingerprint density at radius 3 is 2.93 bits per heavy atom. The summed E-state index contributed by atoms with van der Waals surface area (Å²) >= 11 is 0. The van der Waals surface area contributed by atoms with Gasteiger partial charge in [-0.3, -0.25) is 14.7 Å². The van der Waals surface area contributed by atoms with Crippen LogP contribution in [0.1, 0.15) is 33.7 Å². The highest BCUT2D eigenvalue weighted by atomic mass is 35.5. The first kappa shape index (κ1) is 19.4. The van der Waals surface area contributed by atoms with E-state index in [9.17, 15) is 9.59 Å². The molecule has 7 nitrogen and oxygen atoms in total. The number of amides is 2. The third-order valence-corrected chi connectivity index (χ3v) is 5.08. The van der Waals surface area contributed by atoms with E-state index in [4.69, 9.17) is 0 Å². The van der Waals surface area contributed by atoms with Crippen molar-refractivity contribution in [2.24, 2.45) is 5.92 Å². The molecule has 1 saturated heterocycles. The lowest BCUT2D eigenvalue weighted by Gasteiger charge is -2.17. The Kier molecular flexibility index (Phi) is 6.13. The zero-order valence-corrected chi connectivity index (χ0v) is 15.8. The third-order valence-electron chi connectivity index (χ3n) is 5.08. The van der Waals surface area contributed by atoms with Crippen LogP contribution in [0.25, 0.3) is 0 Å². The van der Waals surface area contributed by atoms with Crippen molar-refractivity contribution < 1.29 is 9.59 Å². The molecule has 3 N–H and O–H groups in total. The molecule has 27 heavy (non-hydrogen) atoms. The molecule has 0 aliphatic carbocycles. The number of likely N-dealkylation sites (tertiary alicyclic amines) is 1. The number of H-pyrrole nitrogens is 1. The molecule has 0 radical (unpaired) electrons. The second kappa shape index (κ2) is 8.54. The Hall–Kier alpha value is -2.38. The molecule has 1 aromatic carbocycles. The lowest BCUT2D eigenvalue weighted by atomic mass is 10.1. The van der Waals surface area contributed by atoms with E-state index in [1.807, 2.05) is 35.2 Å². The van der Waals surface area contributed by atoms with E-state index < -0.39 is 0 Å². The van der Waals surface area contributed by atoms with Crippen molar-refractivity contribution >= 4 is 24.2 Å². The van der Waals surface area contributed by atoms with Crippen LogP contribution in [-0.2, 0) is 24.3 Å². The summed E-state index contributed by atoms with van der Waals surface area (Å²) < 4.78 is 0. The molecule has 0 bridgehead atoms. The minimum absolute atomic E-state index is 0. The van der Waals surface area contributed by atoms with Crippen molar-refractivity contribution in [1.82, 2.24) is 25.7 Å². The molecule has 3 heterocycles. The van der Waals surface area contributed by atoms with Gasteiger partial charge in [0.15, 0.2) is 5.69 Å². The van der Waals surface area contributed by atoms with Gasteiger partial charge in [-0.1, -0.05) is 30.3 Å². The summed E-state index contributed by atoms with van der Waals surface area (Å²) in [6.07, 6.45) is 1.34. The predicted octanol–water partition coefficient (Wildman–Crippen LogP) is 1.26. The maximum atomic E-state index is 12.5. The second-order valence-corrected chi connectivity index (χ2v) is 7.00. The summed E-state index contributed by atoms with van der Waals surface area (Å²) in [5.41, 5.74) is 3.60. The molecule has 2 aliphatic heterocycles. The first-order valence-corrected chi connectivity index (χ1v) is 9.07. The fraction of sp³-hybridized carbons (Fsp3) is 0.421. The van der Waals surface area contributed by atoms with Crippen LogP contribution in [0.3, 0.4) is 0 Å². The fourth-order valence-corrected chi connectivity index (χ4v) is 3.68. The number of hydrogen-bond acceptors (Lipinski definition) is 4. The SMILES string of the molecule is Cl.O=C(NCC1CC(=O)N(Cc2ccccc2)C1)c1n[nH]c2c1CNCC2. The van der Waals surface area contributed by atoms with Crippen LogP contribution < -0.4 is 10.6 Å². The number of hydrogen-bond donors (Lipinski definition) is 3. The highest BCUT2D eigenvalue weighted by Gasteiger charge is 2.30. The molecular formula is C19H24ClN5O2. The van der Waals surface area contributed by atoms with Gasteiger partial charge < -0.3 is 15.5 Å². The minimum Gasteiger partial charge on any atom is -0.350 e. The van der Waals surface area contributed by atoms with Gasteiger partial charge in [0.05, 0.1) is 0 Å². The maximum absolute atomic E-state index is 12.5. The second-order valence-electron chi connectivity index (χ2n) is 7.00. The predicted molar refractivity (Wildman–Crippen MR) is 104 cm³/mol. The number of aromatic nitrogens is 2. The van der Waals surface area contributed by atoms with Crippen molar-refractivity contribution in [3.8, 4) is 0 Å². The number of carbonyl (C=O) groups excluding carboxylic acids is 2. The highest BCUT2D eigenvalue weighted by Crippen LogP contribution is 2.20. The largest absolute Gasteiger partial charge is 0.350 e. The standard InChI is InChI=1S/C19H23N5O2.ClH/c25-17-8-14(12-24(17)11-13-4-2-1-3-5-13)9-21-19(26)18-15-10-20-7-6-16(15)22-23-18;/h1-5,14,20H,6-12H2,(H,21,26)(H,22,23);1H. The Labute approximate surface area is 164 Å². The number of fused-ring (bicyclic) bond motifs is 1. The lowest BCUT2D eigenvalue weighted by molar-refractivity contribution is -0.128. The van der Waals surface area contributed by atoms with E-state index in [1.54, 1.807) is 0 Å². The van der Waals surface area contributed by atoms with Crippen molar-refractivity contribution in [2.75, 3.05) is 19.6 Å². The van der Waals surface area contributed by atoms with E-state index >= 15 is 0 Å². The van der Waals surface area contributed by atoms with Crippen LogP contribution in [-0.4, -0.2) is 46.5 Å². The molecule has 4 rings (SSSR count). The van der Waals surface area contributed by atoms with Crippen molar-refractivity contribution in [2.45, 2.75) is 25.9 Å². The molecule has 1 aromatic heterocycles. The van der Waals surface area contributed by atoms with Crippen LogP contribution in [0, 0.1) is 5.92 Å². The van der Waals surface area contributed by atoms with E-state index in [2.05, 4.69) is 20.8 Å². The number of halogens is 1. The van der Waals surface area contributed by atoms with Gasteiger partial charge in [0.1, 0.15) is 0 Å². The Balaban J connectivity index is 0.00000210. The van der Waals surface area contributed by atoms with Crippen LogP contribution in [0.4, 0.5) is 0 Å². The molecule has 0 saturated carbocycles. The van der Waals surface area contributed by atoms with Gasteiger partial charge in [0.2, 0.25) is 5.91 Å². The molecule has 8 heteroatoms. The van der Waals surface area contributed by atoms with Gasteiger partial charge in [-0.15, -0.1) is 12.4 Å². The summed E-state index contributed by atoms with van der Waals surface area (Å²) in [5.74, 6) is 0.123. The van der Waals surface area contributed by atoms with Crippen LogP contribution in [0.15, 0.2) is 30.3 Å². The number of aromatic amines is 1. The van der Waals surface area contributed by atoms with Gasteiger partial charge in [0.25, 0.3) is 5.91 Å². The fourth-order valence-electron chi connectivity index (χ4n) is 3.68. The van der Waals surface area contributed by atoms with E-state index in [0.717, 1.165) is 29.8 Å².